The number of nitrogens with zero attached hydrogens (tertiary/aromatic N) is 3. The average molecular weight is 442 g/mol. The largest absolute Gasteiger partial charge is 0.435 e. The van der Waals surface area contributed by atoms with Gasteiger partial charge in [-0.2, -0.15) is 8.78 Å². The molecular formula is C23H21F2N3O2S. The van der Waals surface area contributed by atoms with Crippen LogP contribution in [0.3, 0.4) is 0 Å². The number of hydrogen-bond donors (Lipinski definition) is 0. The molecule has 160 valence electrons. The number of benzene rings is 2. The first-order valence-corrected chi connectivity index (χ1v) is 10.7. The maximum absolute atomic E-state index is 13.4. The number of anilines is 1. The van der Waals surface area contributed by atoms with Crippen LogP contribution in [-0.4, -0.2) is 48.6 Å². The van der Waals surface area contributed by atoms with Crippen LogP contribution in [0.25, 0.3) is 11.6 Å². The van der Waals surface area contributed by atoms with Gasteiger partial charge in [-0.3, -0.25) is 4.79 Å². The van der Waals surface area contributed by atoms with Gasteiger partial charge in [-0.05, 0) is 29.3 Å². The van der Waals surface area contributed by atoms with E-state index in [0.29, 0.717) is 18.7 Å². The van der Waals surface area contributed by atoms with Gasteiger partial charge in [0.15, 0.2) is 5.13 Å². The fourth-order valence-corrected chi connectivity index (χ4v) is 4.14. The number of ether oxygens (including phenoxy) is 1. The van der Waals surface area contributed by atoms with Gasteiger partial charge in [0.05, 0.1) is 0 Å². The lowest BCUT2D eigenvalue weighted by Gasteiger charge is -2.35. The predicted molar refractivity (Wildman–Crippen MR) is 118 cm³/mol. The standard InChI is InChI=1S/C23H21F2N3O2S/c24-22(25)30-19-8-6-17(7-9-19)16-20(18-4-2-1-3-5-18)21(29)27-11-13-28(14-12-27)23-26-10-15-31-23/h1-10,15-16,22H,11-14H2/b20-16+. The van der Waals surface area contributed by atoms with E-state index in [4.69, 9.17) is 0 Å². The van der Waals surface area contributed by atoms with Crippen molar-refractivity contribution in [3.63, 3.8) is 0 Å². The van der Waals surface area contributed by atoms with E-state index in [1.54, 1.807) is 35.7 Å². The molecule has 0 saturated carbocycles. The van der Waals surface area contributed by atoms with E-state index in [1.165, 1.54) is 12.1 Å². The molecule has 0 bridgehead atoms. The van der Waals surface area contributed by atoms with Crippen LogP contribution in [0.5, 0.6) is 5.75 Å². The Bertz CT molecular complexity index is 1020. The second-order valence-corrected chi connectivity index (χ2v) is 7.84. The molecule has 0 unspecified atom stereocenters. The monoisotopic (exact) mass is 441 g/mol. The van der Waals surface area contributed by atoms with Crippen LogP contribution < -0.4 is 9.64 Å². The summed E-state index contributed by atoms with van der Waals surface area (Å²) in [6, 6.07) is 15.7. The maximum Gasteiger partial charge on any atom is 0.387 e. The molecule has 2 aromatic carbocycles. The molecule has 0 aliphatic carbocycles. The number of alkyl halides is 2. The van der Waals surface area contributed by atoms with Crippen molar-refractivity contribution in [1.82, 2.24) is 9.88 Å². The molecule has 4 rings (SSSR count). The molecule has 1 amide bonds. The topological polar surface area (TPSA) is 45.7 Å². The van der Waals surface area contributed by atoms with Crippen molar-refractivity contribution in [3.05, 3.63) is 77.3 Å². The highest BCUT2D eigenvalue weighted by Crippen LogP contribution is 2.25. The number of rotatable bonds is 6. The molecule has 31 heavy (non-hydrogen) atoms. The highest BCUT2D eigenvalue weighted by Gasteiger charge is 2.25. The predicted octanol–water partition coefficient (Wildman–Crippen LogP) is 4.63. The molecule has 0 N–H and O–H groups in total. The Balaban J connectivity index is 1.54. The van der Waals surface area contributed by atoms with Gasteiger partial charge in [-0.15, -0.1) is 11.3 Å². The Kier molecular flexibility index (Phi) is 6.57. The lowest BCUT2D eigenvalue weighted by atomic mass is 10.0. The third-order valence-corrected chi connectivity index (χ3v) is 5.82. The Morgan fingerprint density at radius 3 is 2.35 bits per heavy atom. The lowest BCUT2D eigenvalue weighted by Crippen LogP contribution is -2.49. The van der Waals surface area contributed by atoms with E-state index < -0.39 is 6.61 Å². The number of aromatic nitrogens is 1. The van der Waals surface area contributed by atoms with Gasteiger partial charge in [0.25, 0.3) is 5.91 Å². The quantitative estimate of drug-likeness (QED) is 0.413. The van der Waals surface area contributed by atoms with Crippen LogP contribution in [0.15, 0.2) is 66.2 Å². The second kappa shape index (κ2) is 9.70. The molecule has 2 heterocycles. The number of hydrogen-bond acceptors (Lipinski definition) is 5. The van der Waals surface area contributed by atoms with Crippen LogP contribution in [0.2, 0.25) is 0 Å². The van der Waals surface area contributed by atoms with Crippen LogP contribution in [0.4, 0.5) is 13.9 Å². The number of carbonyl (C=O) groups excluding carboxylic acids is 1. The summed E-state index contributed by atoms with van der Waals surface area (Å²) in [5.41, 5.74) is 2.10. The first-order valence-electron chi connectivity index (χ1n) is 9.86. The molecule has 5 nitrogen and oxygen atoms in total. The summed E-state index contributed by atoms with van der Waals surface area (Å²) >= 11 is 1.59. The average Bonchev–Trinajstić information content (AvgIpc) is 3.33. The van der Waals surface area contributed by atoms with Gasteiger partial charge >= 0.3 is 6.61 Å². The fourth-order valence-electron chi connectivity index (χ4n) is 3.44. The van der Waals surface area contributed by atoms with Crippen molar-refractivity contribution < 1.29 is 18.3 Å². The van der Waals surface area contributed by atoms with E-state index in [1.807, 2.05) is 40.6 Å². The zero-order valence-electron chi connectivity index (χ0n) is 16.7. The highest BCUT2D eigenvalue weighted by molar-refractivity contribution is 7.13. The minimum Gasteiger partial charge on any atom is -0.435 e. The fraction of sp³-hybridized carbons (Fsp3) is 0.217. The third-order valence-electron chi connectivity index (χ3n) is 4.99. The summed E-state index contributed by atoms with van der Waals surface area (Å²) < 4.78 is 29.2. The zero-order chi connectivity index (χ0) is 21.6. The Labute approximate surface area is 183 Å². The minimum absolute atomic E-state index is 0.0575. The molecule has 1 aliphatic rings. The van der Waals surface area contributed by atoms with Crippen molar-refractivity contribution in [2.24, 2.45) is 0 Å². The Morgan fingerprint density at radius 2 is 1.74 bits per heavy atom. The number of carbonyl (C=O) groups is 1. The summed E-state index contributed by atoms with van der Waals surface area (Å²) in [5, 5.41) is 2.91. The molecular weight excluding hydrogens is 420 g/mol. The SMILES string of the molecule is O=C(/C(=C/c1ccc(OC(F)F)cc1)c1ccccc1)N1CCN(c2nccs2)CC1. The van der Waals surface area contributed by atoms with Crippen molar-refractivity contribution in [2.45, 2.75) is 6.61 Å². The van der Waals surface area contributed by atoms with Crippen molar-refractivity contribution in [1.29, 1.82) is 0 Å². The molecule has 1 aliphatic heterocycles. The highest BCUT2D eigenvalue weighted by atomic mass is 32.1. The molecule has 1 saturated heterocycles. The van der Waals surface area contributed by atoms with Crippen LogP contribution in [0, 0.1) is 0 Å². The number of amides is 1. The molecule has 1 fully saturated rings. The van der Waals surface area contributed by atoms with Gasteiger partial charge in [-0.25, -0.2) is 4.98 Å². The van der Waals surface area contributed by atoms with Crippen molar-refractivity contribution in [2.75, 3.05) is 31.1 Å². The van der Waals surface area contributed by atoms with Crippen LogP contribution >= 0.6 is 11.3 Å². The van der Waals surface area contributed by atoms with Gasteiger partial charge in [0, 0.05) is 43.3 Å². The van der Waals surface area contributed by atoms with E-state index in [9.17, 15) is 13.6 Å². The van der Waals surface area contributed by atoms with Gasteiger partial charge in [-0.1, -0.05) is 42.5 Å². The van der Waals surface area contributed by atoms with Crippen LogP contribution in [0.1, 0.15) is 11.1 Å². The van der Waals surface area contributed by atoms with Crippen molar-refractivity contribution >= 4 is 34.0 Å². The molecule has 3 aromatic rings. The normalized spacial score (nSPS) is 14.7. The minimum atomic E-state index is -2.87. The van der Waals surface area contributed by atoms with E-state index in [0.717, 1.165) is 29.3 Å². The van der Waals surface area contributed by atoms with E-state index in [-0.39, 0.29) is 11.7 Å². The maximum atomic E-state index is 13.4. The summed E-state index contributed by atoms with van der Waals surface area (Å²) in [6.45, 7) is -0.221. The summed E-state index contributed by atoms with van der Waals surface area (Å²) in [7, 11) is 0. The number of halogens is 2. The third kappa shape index (κ3) is 5.27. The molecule has 8 heteroatoms. The first kappa shape index (κ1) is 21.0. The van der Waals surface area contributed by atoms with E-state index >= 15 is 0 Å². The number of piperazine rings is 1. The first-order chi connectivity index (χ1) is 15.1. The Morgan fingerprint density at radius 1 is 1.03 bits per heavy atom. The lowest BCUT2D eigenvalue weighted by molar-refractivity contribution is -0.125. The summed E-state index contributed by atoms with van der Waals surface area (Å²) in [5.74, 6) is 0.0240. The van der Waals surface area contributed by atoms with Crippen LogP contribution in [-0.2, 0) is 4.79 Å². The molecule has 0 radical (unpaired) electrons. The van der Waals surface area contributed by atoms with E-state index in [2.05, 4.69) is 14.6 Å². The summed E-state index contributed by atoms with van der Waals surface area (Å²) in [4.78, 5) is 21.8. The molecule has 0 atom stereocenters. The van der Waals surface area contributed by atoms with Gasteiger partial charge in [0.2, 0.25) is 0 Å². The van der Waals surface area contributed by atoms with Crippen molar-refractivity contribution in [3.8, 4) is 5.75 Å². The smallest absolute Gasteiger partial charge is 0.387 e. The van der Waals surface area contributed by atoms with Gasteiger partial charge in [0.1, 0.15) is 5.75 Å². The van der Waals surface area contributed by atoms with Gasteiger partial charge < -0.3 is 14.5 Å². The second-order valence-electron chi connectivity index (χ2n) is 6.97. The number of thiazole rings is 1. The zero-order valence-corrected chi connectivity index (χ0v) is 17.5. The Hall–Kier alpha value is -3.26. The molecule has 1 aromatic heterocycles. The molecule has 0 spiro atoms. The summed E-state index contributed by atoms with van der Waals surface area (Å²) in [6.07, 6.45) is 3.57.